The minimum Gasteiger partial charge on any atom is -0.459 e. The summed E-state index contributed by atoms with van der Waals surface area (Å²) in [6.07, 6.45) is 11.3. The van der Waals surface area contributed by atoms with E-state index in [9.17, 15) is 9.59 Å². The third-order valence-electron chi connectivity index (χ3n) is 2.88. The third kappa shape index (κ3) is 6.18. The monoisotopic (exact) mass is 276 g/mol. The Labute approximate surface area is 119 Å². The molecule has 0 bridgehead atoms. The second kappa shape index (κ2) is 8.91. The standard InChI is InChI=1S/C16H20O4/c1-3-5-10-15(17)19-13-8-7-9-14(12-13)20-16(18)11-6-4-2/h3-6,10-11,13-14H,1-2,7-9,12H2. The molecule has 0 heterocycles. The van der Waals surface area contributed by atoms with Crippen LogP contribution in [0.5, 0.6) is 0 Å². The van der Waals surface area contributed by atoms with Gasteiger partial charge in [-0.05, 0) is 19.3 Å². The summed E-state index contributed by atoms with van der Waals surface area (Å²) >= 11 is 0. The molecule has 0 saturated heterocycles. The highest BCUT2D eigenvalue weighted by atomic mass is 16.6. The molecule has 0 aromatic rings. The van der Waals surface area contributed by atoms with E-state index in [1.807, 2.05) is 0 Å². The normalized spacial score (nSPS) is 22.6. The van der Waals surface area contributed by atoms with Crippen molar-refractivity contribution in [1.82, 2.24) is 0 Å². The van der Waals surface area contributed by atoms with Crippen molar-refractivity contribution in [2.24, 2.45) is 0 Å². The van der Waals surface area contributed by atoms with E-state index in [0.29, 0.717) is 6.42 Å². The van der Waals surface area contributed by atoms with Crippen LogP contribution in [0.2, 0.25) is 0 Å². The summed E-state index contributed by atoms with van der Waals surface area (Å²) in [6, 6.07) is 0. The number of carbonyl (C=O) groups is 2. The molecular formula is C16H20O4. The predicted octanol–water partition coefficient (Wildman–Crippen LogP) is 2.87. The topological polar surface area (TPSA) is 52.6 Å². The SMILES string of the molecule is C=CC=CC(=O)OC1CCCC(OC(=O)C=CC=C)C1. The molecule has 0 radical (unpaired) electrons. The van der Waals surface area contributed by atoms with Crippen molar-refractivity contribution in [2.75, 3.05) is 0 Å². The molecule has 2 unspecified atom stereocenters. The molecule has 0 aromatic carbocycles. The van der Waals surface area contributed by atoms with E-state index in [1.165, 1.54) is 36.5 Å². The Morgan fingerprint density at radius 1 is 0.900 bits per heavy atom. The maximum Gasteiger partial charge on any atom is 0.331 e. The lowest BCUT2D eigenvalue weighted by Gasteiger charge is -2.28. The van der Waals surface area contributed by atoms with Gasteiger partial charge in [0.05, 0.1) is 0 Å². The second-order valence-electron chi connectivity index (χ2n) is 4.47. The summed E-state index contributed by atoms with van der Waals surface area (Å²) in [4.78, 5) is 22.9. The molecule has 1 rings (SSSR count). The van der Waals surface area contributed by atoms with Crippen molar-refractivity contribution in [3.63, 3.8) is 0 Å². The van der Waals surface area contributed by atoms with Crippen LogP contribution in [-0.4, -0.2) is 24.1 Å². The molecule has 108 valence electrons. The van der Waals surface area contributed by atoms with E-state index in [1.54, 1.807) is 0 Å². The first-order valence-corrected chi connectivity index (χ1v) is 6.65. The Bertz CT molecular complexity index is 382. The van der Waals surface area contributed by atoms with E-state index in [-0.39, 0.29) is 12.2 Å². The van der Waals surface area contributed by atoms with Gasteiger partial charge in [0, 0.05) is 18.6 Å². The van der Waals surface area contributed by atoms with Crippen molar-refractivity contribution >= 4 is 11.9 Å². The van der Waals surface area contributed by atoms with Crippen LogP contribution in [0.15, 0.2) is 49.6 Å². The van der Waals surface area contributed by atoms with E-state index >= 15 is 0 Å². The number of esters is 2. The Kier molecular flexibility index (Phi) is 7.11. The van der Waals surface area contributed by atoms with Gasteiger partial charge in [-0.25, -0.2) is 9.59 Å². The Balaban J connectivity index is 2.42. The van der Waals surface area contributed by atoms with E-state index in [2.05, 4.69) is 13.2 Å². The zero-order valence-electron chi connectivity index (χ0n) is 11.5. The molecule has 2 atom stereocenters. The van der Waals surface area contributed by atoms with Gasteiger partial charge in [-0.2, -0.15) is 0 Å². The van der Waals surface area contributed by atoms with E-state index < -0.39 is 11.9 Å². The molecule has 0 spiro atoms. The van der Waals surface area contributed by atoms with Crippen LogP contribution in [-0.2, 0) is 19.1 Å². The van der Waals surface area contributed by atoms with Gasteiger partial charge < -0.3 is 9.47 Å². The van der Waals surface area contributed by atoms with Crippen LogP contribution in [0.1, 0.15) is 25.7 Å². The number of allylic oxidation sites excluding steroid dienone is 4. The highest BCUT2D eigenvalue weighted by Crippen LogP contribution is 2.24. The largest absolute Gasteiger partial charge is 0.459 e. The molecule has 4 nitrogen and oxygen atoms in total. The van der Waals surface area contributed by atoms with E-state index in [0.717, 1.165) is 19.3 Å². The zero-order chi connectivity index (χ0) is 14.8. The first-order valence-electron chi connectivity index (χ1n) is 6.65. The van der Waals surface area contributed by atoms with Gasteiger partial charge in [-0.1, -0.05) is 37.5 Å². The third-order valence-corrected chi connectivity index (χ3v) is 2.88. The lowest BCUT2D eigenvalue weighted by Crippen LogP contribution is -2.30. The number of rotatable bonds is 6. The summed E-state index contributed by atoms with van der Waals surface area (Å²) in [6.45, 7) is 6.97. The van der Waals surface area contributed by atoms with Gasteiger partial charge in [0.1, 0.15) is 12.2 Å². The first-order chi connectivity index (χ1) is 9.65. The average Bonchev–Trinajstić information content (AvgIpc) is 2.43. The van der Waals surface area contributed by atoms with Crippen LogP contribution in [0.4, 0.5) is 0 Å². The Morgan fingerprint density at radius 3 is 1.75 bits per heavy atom. The fraction of sp³-hybridized carbons (Fsp3) is 0.375. The van der Waals surface area contributed by atoms with Crippen LogP contribution in [0.25, 0.3) is 0 Å². The molecule has 0 N–H and O–H groups in total. The van der Waals surface area contributed by atoms with Crippen LogP contribution < -0.4 is 0 Å². The molecule has 20 heavy (non-hydrogen) atoms. The van der Waals surface area contributed by atoms with Crippen molar-refractivity contribution in [2.45, 2.75) is 37.9 Å². The van der Waals surface area contributed by atoms with Gasteiger partial charge in [-0.15, -0.1) is 0 Å². The van der Waals surface area contributed by atoms with Gasteiger partial charge in [0.15, 0.2) is 0 Å². The van der Waals surface area contributed by atoms with Crippen LogP contribution in [0, 0.1) is 0 Å². The Morgan fingerprint density at radius 2 is 1.35 bits per heavy atom. The molecule has 4 heteroatoms. The van der Waals surface area contributed by atoms with Crippen molar-refractivity contribution in [1.29, 1.82) is 0 Å². The minimum absolute atomic E-state index is 0.202. The average molecular weight is 276 g/mol. The molecule has 0 amide bonds. The summed E-state index contributed by atoms with van der Waals surface area (Å²) in [5.74, 6) is -0.790. The lowest BCUT2D eigenvalue weighted by atomic mass is 9.95. The minimum atomic E-state index is -0.395. The lowest BCUT2D eigenvalue weighted by molar-refractivity contribution is -0.152. The molecule has 0 aromatic heterocycles. The molecule has 1 aliphatic rings. The van der Waals surface area contributed by atoms with Crippen molar-refractivity contribution < 1.29 is 19.1 Å². The summed E-state index contributed by atoms with van der Waals surface area (Å²) in [5.41, 5.74) is 0. The highest BCUT2D eigenvalue weighted by Gasteiger charge is 2.26. The fourth-order valence-corrected chi connectivity index (χ4v) is 2.02. The molecular weight excluding hydrogens is 256 g/mol. The number of hydrogen-bond donors (Lipinski definition) is 0. The van der Waals surface area contributed by atoms with Crippen LogP contribution in [0.3, 0.4) is 0 Å². The number of carbonyl (C=O) groups excluding carboxylic acids is 2. The fourth-order valence-electron chi connectivity index (χ4n) is 2.02. The van der Waals surface area contributed by atoms with Gasteiger partial charge in [0.25, 0.3) is 0 Å². The number of ether oxygens (including phenoxy) is 2. The second-order valence-corrected chi connectivity index (χ2v) is 4.47. The summed E-state index contributed by atoms with van der Waals surface area (Å²) in [5, 5.41) is 0. The van der Waals surface area contributed by atoms with Gasteiger partial charge in [-0.3, -0.25) is 0 Å². The maximum absolute atomic E-state index is 11.5. The zero-order valence-corrected chi connectivity index (χ0v) is 11.5. The van der Waals surface area contributed by atoms with Gasteiger partial charge in [0.2, 0.25) is 0 Å². The van der Waals surface area contributed by atoms with Gasteiger partial charge >= 0.3 is 11.9 Å². The molecule has 1 fully saturated rings. The smallest absolute Gasteiger partial charge is 0.331 e. The van der Waals surface area contributed by atoms with Crippen molar-refractivity contribution in [3.05, 3.63) is 49.6 Å². The van der Waals surface area contributed by atoms with E-state index in [4.69, 9.17) is 9.47 Å². The Hall–Kier alpha value is -2.10. The first kappa shape index (κ1) is 16.0. The van der Waals surface area contributed by atoms with Crippen molar-refractivity contribution in [3.8, 4) is 0 Å². The summed E-state index contributed by atoms with van der Waals surface area (Å²) in [7, 11) is 0. The highest BCUT2D eigenvalue weighted by molar-refractivity contribution is 5.83. The quantitative estimate of drug-likeness (QED) is 0.425. The molecule has 1 aliphatic carbocycles. The predicted molar refractivity (Wildman–Crippen MR) is 76.9 cm³/mol. The summed E-state index contributed by atoms with van der Waals surface area (Å²) < 4.78 is 10.6. The molecule has 1 saturated carbocycles. The molecule has 0 aliphatic heterocycles. The maximum atomic E-state index is 11.5. The number of hydrogen-bond acceptors (Lipinski definition) is 4. The van der Waals surface area contributed by atoms with Crippen LogP contribution >= 0.6 is 0 Å².